The van der Waals surface area contributed by atoms with Crippen LogP contribution in [0.1, 0.15) is 36.3 Å². The Bertz CT molecular complexity index is 640. The quantitative estimate of drug-likeness (QED) is 0.856. The molecule has 0 bridgehead atoms. The first kappa shape index (κ1) is 12.2. The van der Waals surface area contributed by atoms with Crippen molar-refractivity contribution < 1.29 is 14.2 Å². The van der Waals surface area contributed by atoms with E-state index in [1.54, 1.807) is 12.4 Å². The van der Waals surface area contributed by atoms with E-state index in [1.165, 1.54) is 30.9 Å². The summed E-state index contributed by atoms with van der Waals surface area (Å²) in [6.07, 6.45) is 8.21. The molecule has 0 spiro atoms. The number of rotatable bonds is 4. The van der Waals surface area contributed by atoms with E-state index in [9.17, 15) is 0 Å². The van der Waals surface area contributed by atoms with Crippen LogP contribution in [0.25, 0.3) is 0 Å². The molecule has 0 saturated heterocycles. The van der Waals surface area contributed by atoms with Gasteiger partial charge < -0.3 is 14.2 Å². The summed E-state index contributed by atoms with van der Waals surface area (Å²) in [4.78, 5) is 8.45. The summed E-state index contributed by atoms with van der Waals surface area (Å²) in [6.45, 7) is 0. The molecule has 106 valence electrons. The Balaban J connectivity index is 1.43. The average Bonchev–Trinajstić information content (AvgIpc) is 3.23. The predicted molar refractivity (Wildman–Crippen MR) is 74.6 cm³/mol. The van der Waals surface area contributed by atoms with Gasteiger partial charge in [-0.05, 0) is 36.5 Å². The third kappa shape index (κ3) is 2.67. The van der Waals surface area contributed by atoms with Crippen molar-refractivity contribution in [3.8, 4) is 11.6 Å². The molecule has 1 aliphatic heterocycles. The van der Waals surface area contributed by atoms with E-state index in [0.29, 0.717) is 11.6 Å². The van der Waals surface area contributed by atoms with Gasteiger partial charge in [0, 0.05) is 0 Å². The van der Waals surface area contributed by atoms with Crippen molar-refractivity contribution in [1.29, 1.82) is 0 Å². The number of aromatic nitrogens is 2. The number of benzene rings is 1. The molecule has 2 aliphatic rings. The maximum Gasteiger partial charge on any atom is 0.284 e. The second kappa shape index (κ2) is 5.09. The Morgan fingerprint density at radius 3 is 2.33 bits per heavy atom. The lowest BCUT2D eigenvalue weighted by Crippen LogP contribution is -2.02. The zero-order chi connectivity index (χ0) is 14.1. The van der Waals surface area contributed by atoms with Gasteiger partial charge >= 0.3 is 0 Å². The zero-order valence-electron chi connectivity index (χ0n) is 11.3. The zero-order valence-corrected chi connectivity index (χ0v) is 11.3. The topological polar surface area (TPSA) is 53.5 Å². The second-order valence-electron chi connectivity index (χ2n) is 5.10. The van der Waals surface area contributed by atoms with Crippen LogP contribution in [0.4, 0.5) is 0 Å². The molecule has 0 atom stereocenters. The van der Waals surface area contributed by atoms with Gasteiger partial charge in [0.15, 0.2) is 0 Å². The monoisotopic (exact) mass is 282 g/mol. The summed E-state index contributed by atoms with van der Waals surface area (Å²) in [5.74, 6) is 1.96. The lowest BCUT2D eigenvalue weighted by Gasteiger charge is -2.09. The molecular weight excluding hydrogens is 268 g/mol. The summed E-state index contributed by atoms with van der Waals surface area (Å²) in [5.41, 5.74) is 1.99. The fourth-order valence-corrected chi connectivity index (χ4v) is 2.22. The Kier molecular flexibility index (Phi) is 2.96. The minimum atomic E-state index is -0.510. The molecule has 1 aromatic heterocycles. The summed E-state index contributed by atoms with van der Waals surface area (Å²) in [5, 5.41) is 0. The molecule has 0 N–H and O–H groups in total. The van der Waals surface area contributed by atoms with Gasteiger partial charge in [-0.1, -0.05) is 12.1 Å². The second-order valence-corrected chi connectivity index (χ2v) is 5.10. The summed E-state index contributed by atoms with van der Waals surface area (Å²) in [7, 11) is 0. The Morgan fingerprint density at radius 1 is 0.952 bits per heavy atom. The normalized spacial score (nSPS) is 17.3. The standard InChI is InChI=1S/C16H14N2O3/c1-2-11(1)12-3-5-13(6-4-12)21-15-10-17-14(9-18-15)16-19-7-8-20-16/h3-11,16H,1-2H2. The van der Waals surface area contributed by atoms with Crippen molar-refractivity contribution in [2.45, 2.75) is 25.0 Å². The van der Waals surface area contributed by atoms with E-state index in [-0.39, 0.29) is 0 Å². The Morgan fingerprint density at radius 2 is 1.71 bits per heavy atom. The first-order valence-corrected chi connectivity index (χ1v) is 6.94. The van der Waals surface area contributed by atoms with E-state index in [0.717, 1.165) is 11.7 Å². The molecule has 21 heavy (non-hydrogen) atoms. The van der Waals surface area contributed by atoms with Crippen LogP contribution >= 0.6 is 0 Å². The lowest BCUT2D eigenvalue weighted by atomic mass is 10.1. The highest BCUT2D eigenvalue weighted by Crippen LogP contribution is 2.40. The van der Waals surface area contributed by atoms with E-state index in [4.69, 9.17) is 14.2 Å². The van der Waals surface area contributed by atoms with E-state index < -0.39 is 6.29 Å². The van der Waals surface area contributed by atoms with E-state index in [1.807, 2.05) is 12.1 Å². The molecule has 0 amide bonds. The smallest absolute Gasteiger partial charge is 0.284 e. The van der Waals surface area contributed by atoms with Crippen LogP contribution in [0, 0.1) is 0 Å². The van der Waals surface area contributed by atoms with Crippen molar-refractivity contribution >= 4 is 0 Å². The van der Waals surface area contributed by atoms with Crippen molar-refractivity contribution in [3.05, 3.63) is 60.4 Å². The molecule has 2 aromatic rings. The van der Waals surface area contributed by atoms with E-state index >= 15 is 0 Å². The molecule has 4 rings (SSSR count). The van der Waals surface area contributed by atoms with Crippen LogP contribution in [0.5, 0.6) is 11.6 Å². The van der Waals surface area contributed by atoms with Crippen molar-refractivity contribution in [2.24, 2.45) is 0 Å². The van der Waals surface area contributed by atoms with Crippen molar-refractivity contribution in [2.75, 3.05) is 0 Å². The SMILES string of the molecule is C1=COC(c2cnc(Oc3ccc(C4CC4)cc3)cn2)O1. The maximum absolute atomic E-state index is 5.68. The van der Waals surface area contributed by atoms with Crippen LogP contribution in [0.15, 0.2) is 49.2 Å². The molecule has 1 fully saturated rings. The molecule has 0 radical (unpaired) electrons. The summed E-state index contributed by atoms with van der Waals surface area (Å²) < 4.78 is 16.1. The predicted octanol–water partition coefficient (Wildman–Crippen LogP) is 3.66. The number of nitrogens with zero attached hydrogens (tertiary/aromatic N) is 2. The summed E-state index contributed by atoms with van der Waals surface area (Å²) >= 11 is 0. The maximum atomic E-state index is 5.68. The lowest BCUT2D eigenvalue weighted by molar-refractivity contribution is -0.0282. The van der Waals surface area contributed by atoms with Gasteiger partial charge in [-0.2, -0.15) is 0 Å². The van der Waals surface area contributed by atoms with Gasteiger partial charge in [-0.25, -0.2) is 9.97 Å². The molecule has 0 unspecified atom stereocenters. The molecule has 5 nitrogen and oxygen atoms in total. The van der Waals surface area contributed by atoms with E-state index in [2.05, 4.69) is 22.1 Å². The van der Waals surface area contributed by atoms with Gasteiger partial charge in [0.25, 0.3) is 6.29 Å². The van der Waals surface area contributed by atoms with Gasteiger partial charge in [0.1, 0.15) is 24.0 Å². The molecular formula is C16H14N2O3. The highest BCUT2D eigenvalue weighted by atomic mass is 16.7. The van der Waals surface area contributed by atoms with Crippen molar-refractivity contribution in [1.82, 2.24) is 9.97 Å². The van der Waals surface area contributed by atoms with Crippen LogP contribution < -0.4 is 4.74 Å². The van der Waals surface area contributed by atoms with Crippen molar-refractivity contribution in [3.63, 3.8) is 0 Å². The Labute approximate surface area is 122 Å². The molecule has 1 aromatic carbocycles. The van der Waals surface area contributed by atoms with Crippen LogP contribution in [-0.4, -0.2) is 9.97 Å². The highest BCUT2D eigenvalue weighted by molar-refractivity contribution is 5.33. The van der Waals surface area contributed by atoms with Crippen LogP contribution in [-0.2, 0) is 9.47 Å². The highest BCUT2D eigenvalue weighted by Gasteiger charge is 2.23. The third-order valence-corrected chi connectivity index (χ3v) is 3.50. The number of hydrogen-bond donors (Lipinski definition) is 0. The molecule has 2 heterocycles. The molecule has 5 heteroatoms. The first-order valence-electron chi connectivity index (χ1n) is 6.94. The average molecular weight is 282 g/mol. The van der Waals surface area contributed by atoms with Crippen LogP contribution in [0.2, 0.25) is 0 Å². The summed E-state index contributed by atoms with van der Waals surface area (Å²) in [6, 6.07) is 8.16. The molecule has 1 saturated carbocycles. The Hall–Kier alpha value is -2.56. The fourth-order valence-electron chi connectivity index (χ4n) is 2.22. The first-order chi connectivity index (χ1) is 10.4. The van der Waals surface area contributed by atoms with Crippen LogP contribution in [0.3, 0.4) is 0 Å². The minimum Gasteiger partial charge on any atom is -0.454 e. The van der Waals surface area contributed by atoms with Gasteiger partial charge in [-0.15, -0.1) is 0 Å². The number of hydrogen-bond acceptors (Lipinski definition) is 5. The molecule has 1 aliphatic carbocycles. The van der Waals surface area contributed by atoms with Gasteiger partial charge in [0.2, 0.25) is 5.88 Å². The fraction of sp³-hybridized carbons (Fsp3) is 0.250. The third-order valence-electron chi connectivity index (χ3n) is 3.50. The minimum absolute atomic E-state index is 0.448. The number of ether oxygens (including phenoxy) is 3. The largest absolute Gasteiger partial charge is 0.454 e. The van der Waals surface area contributed by atoms with Gasteiger partial charge in [-0.3, -0.25) is 0 Å². The van der Waals surface area contributed by atoms with Gasteiger partial charge in [0.05, 0.1) is 12.4 Å².